The fourth-order valence-electron chi connectivity index (χ4n) is 2.13. The lowest BCUT2D eigenvalue weighted by molar-refractivity contribution is 0.0952. The van der Waals surface area contributed by atoms with Gasteiger partial charge in [-0.25, -0.2) is 0 Å². The van der Waals surface area contributed by atoms with Crippen molar-refractivity contribution in [1.82, 2.24) is 5.32 Å². The average molecular weight is 218 g/mol. The number of Topliss-reactive ketones (excluding diaryl/α,β-unsaturated/α-hetero) is 1. The van der Waals surface area contributed by atoms with E-state index in [2.05, 4.69) is 5.32 Å². The van der Waals surface area contributed by atoms with Crippen molar-refractivity contribution < 1.29 is 4.79 Å². The monoisotopic (exact) mass is 218 g/mol. The van der Waals surface area contributed by atoms with Crippen molar-refractivity contribution in [3.63, 3.8) is 0 Å². The summed E-state index contributed by atoms with van der Waals surface area (Å²) in [4.78, 5) is 12.0. The van der Waals surface area contributed by atoms with Crippen LogP contribution in [0.4, 0.5) is 5.69 Å². The maximum atomic E-state index is 12.0. The molecule has 3 heteroatoms. The van der Waals surface area contributed by atoms with Crippen LogP contribution in [0.3, 0.4) is 0 Å². The lowest BCUT2D eigenvalue weighted by Gasteiger charge is -2.21. The maximum Gasteiger partial charge on any atom is 0.163 e. The molecule has 0 radical (unpaired) electrons. The molecule has 3 N–H and O–H groups in total. The summed E-state index contributed by atoms with van der Waals surface area (Å²) < 4.78 is 0. The summed E-state index contributed by atoms with van der Waals surface area (Å²) in [6.07, 6.45) is 2.90. The van der Waals surface area contributed by atoms with Gasteiger partial charge in [0.15, 0.2) is 5.78 Å². The van der Waals surface area contributed by atoms with E-state index in [0.29, 0.717) is 18.0 Å². The minimum absolute atomic E-state index is 0.243. The molecular weight excluding hydrogens is 200 g/mol. The summed E-state index contributed by atoms with van der Waals surface area (Å²) in [5.41, 5.74) is 7.08. The highest BCUT2D eigenvalue weighted by molar-refractivity contribution is 5.96. The van der Waals surface area contributed by atoms with Crippen LogP contribution in [0.5, 0.6) is 0 Å². The van der Waals surface area contributed by atoms with E-state index in [1.165, 1.54) is 0 Å². The van der Waals surface area contributed by atoms with Crippen LogP contribution in [0.2, 0.25) is 0 Å². The summed E-state index contributed by atoms with van der Waals surface area (Å²) in [6, 6.07) is 7.21. The number of hydrogen-bond acceptors (Lipinski definition) is 3. The van der Waals surface area contributed by atoms with Gasteiger partial charge in [0.25, 0.3) is 0 Å². The third-order valence-corrected chi connectivity index (χ3v) is 3.17. The van der Waals surface area contributed by atoms with Crippen LogP contribution in [0, 0.1) is 5.92 Å². The summed E-state index contributed by atoms with van der Waals surface area (Å²) in [5, 5.41) is 3.31. The minimum Gasteiger partial charge on any atom is -0.399 e. The second kappa shape index (κ2) is 5.12. The molecule has 1 fully saturated rings. The van der Waals surface area contributed by atoms with Crippen molar-refractivity contribution in [2.24, 2.45) is 5.92 Å². The Balaban J connectivity index is 1.94. The van der Waals surface area contributed by atoms with Gasteiger partial charge < -0.3 is 11.1 Å². The molecule has 0 unspecified atom stereocenters. The molecule has 1 saturated heterocycles. The first-order chi connectivity index (χ1) is 7.75. The third-order valence-electron chi connectivity index (χ3n) is 3.17. The van der Waals surface area contributed by atoms with Gasteiger partial charge in [0.05, 0.1) is 0 Å². The first-order valence-corrected chi connectivity index (χ1v) is 5.85. The number of nitrogens with one attached hydrogen (secondary N) is 1. The molecule has 1 aromatic carbocycles. The van der Waals surface area contributed by atoms with Crippen LogP contribution >= 0.6 is 0 Å². The quantitative estimate of drug-likeness (QED) is 0.601. The topological polar surface area (TPSA) is 55.1 Å². The average Bonchev–Trinajstić information content (AvgIpc) is 2.31. The van der Waals surface area contributed by atoms with E-state index in [4.69, 9.17) is 5.73 Å². The molecule has 0 atom stereocenters. The van der Waals surface area contributed by atoms with Crippen LogP contribution in [-0.2, 0) is 0 Å². The zero-order chi connectivity index (χ0) is 11.4. The first-order valence-electron chi connectivity index (χ1n) is 5.85. The van der Waals surface area contributed by atoms with E-state index in [1.54, 1.807) is 12.1 Å². The van der Waals surface area contributed by atoms with Gasteiger partial charge in [0, 0.05) is 17.7 Å². The molecule has 1 aliphatic heterocycles. The van der Waals surface area contributed by atoms with Crippen LogP contribution in [0.25, 0.3) is 0 Å². The molecule has 0 saturated carbocycles. The molecule has 0 aliphatic carbocycles. The van der Waals surface area contributed by atoms with Gasteiger partial charge in [-0.2, -0.15) is 0 Å². The number of carbonyl (C=O) groups is 1. The lowest BCUT2D eigenvalue weighted by Crippen LogP contribution is -2.28. The summed E-state index contributed by atoms with van der Waals surface area (Å²) in [5.74, 6) is 0.790. The molecule has 0 amide bonds. The Labute approximate surface area is 96.0 Å². The van der Waals surface area contributed by atoms with E-state index < -0.39 is 0 Å². The molecule has 0 spiro atoms. The number of carbonyl (C=O) groups excluding carboxylic acids is 1. The van der Waals surface area contributed by atoms with Crippen molar-refractivity contribution in [1.29, 1.82) is 0 Å². The second-order valence-electron chi connectivity index (χ2n) is 4.44. The summed E-state index contributed by atoms with van der Waals surface area (Å²) in [6.45, 7) is 2.08. The number of nitrogen functional groups attached to an aromatic ring is 1. The van der Waals surface area contributed by atoms with Crippen molar-refractivity contribution in [2.45, 2.75) is 19.3 Å². The number of benzene rings is 1. The summed E-state index contributed by atoms with van der Waals surface area (Å²) >= 11 is 0. The predicted molar refractivity (Wildman–Crippen MR) is 65.4 cm³/mol. The molecular formula is C13H18N2O. The predicted octanol–water partition coefficient (Wildman–Crippen LogP) is 1.84. The number of rotatable bonds is 3. The van der Waals surface area contributed by atoms with Gasteiger partial charge in [0.2, 0.25) is 0 Å². The van der Waals surface area contributed by atoms with E-state index in [0.717, 1.165) is 31.5 Å². The van der Waals surface area contributed by atoms with E-state index >= 15 is 0 Å². The largest absolute Gasteiger partial charge is 0.399 e. The molecule has 16 heavy (non-hydrogen) atoms. The number of hydrogen-bond donors (Lipinski definition) is 2. The number of nitrogens with two attached hydrogens (primary N) is 1. The number of piperidine rings is 1. The highest BCUT2D eigenvalue weighted by atomic mass is 16.1. The van der Waals surface area contributed by atoms with E-state index in [1.807, 2.05) is 12.1 Å². The van der Waals surface area contributed by atoms with Crippen LogP contribution in [-0.4, -0.2) is 18.9 Å². The van der Waals surface area contributed by atoms with Gasteiger partial charge >= 0.3 is 0 Å². The van der Waals surface area contributed by atoms with Gasteiger partial charge in [-0.15, -0.1) is 0 Å². The molecule has 0 bridgehead atoms. The van der Waals surface area contributed by atoms with E-state index in [-0.39, 0.29) is 5.78 Å². The zero-order valence-corrected chi connectivity index (χ0v) is 9.41. The van der Waals surface area contributed by atoms with E-state index in [9.17, 15) is 4.79 Å². The first kappa shape index (κ1) is 11.1. The Hall–Kier alpha value is -1.35. The molecule has 1 aromatic rings. The summed E-state index contributed by atoms with van der Waals surface area (Å²) in [7, 11) is 0. The normalized spacial score (nSPS) is 17.2. The standard InChI is InChI=1S/C13H18N2O/c14-12-3-1-11(2-4-12)13(16)9-10-5-7-15-8-6-10/h1-4,10,15H,5-9,14H2. The Kier molecular flexibility index (Phi) is 3.57. The van der Waals surface area contributed by atoms with Crippen molar-refractivity contribution in [3.8, 4) is 0 Å². The van der Waals surface area contributed by atoms with Crippen molar-refractivity contribution in [3.05, 3.63) is 29.8 Å². The molecule has 3 nitrogen and oxygen atoms in total. The molecule has 86 valence electrons. The van der Waals surface area contributed by atoms with Gasteiger partial charge in [-0.3, -0.25) is 4.79 Å². The zero-order valence-electron chi connectivity index (χ0n) is 9.41. The van der Waals surface area contributed by atoms with Crippen molar-refractivity contribution in [2.75, 3.05) is 18.8 Å². The van der Waals surface area contributed by atoms with Crippen LogP contribution in [0.1, 0.15) is 29.6 Å². The second-order valence-corrected chi connectivity index (χ2v) is 4.44. The van der Waals surface area contributed by atoms with Gasteiger partial charge in [-0.05, 0) is 56.1 Å². The van der Waals surface area contributed by atoms with Crippen molar-refractivity contribution >= 4 is 11.5 Å². The Bertz CT molecular complexity index is 353. The number of anilines is 1. The Morgan fingerprint density at radius 3 is 2.50 bits per heavy atom. The smallest absolute Gasteiger partial charge is 0.163 e. The van der Waals surface area contributed by atoms with Gasteiger partial charge in [0.1, 0.15) is 0 Å². The maximum absolute atomic E-state index is 12.0. The Morgan fingerprint density at radius 1 is 1.25 bits per heavy atom. The Morgan fingerprint density at radius 2 is 1.88 bits per heavy atom. The molecule has 0 aromatic heterocycles. The minimum atomic E-state index is 0.243. The third kappa shape index (κ3) is 2.83. The molecule has 1 heterocycles. The fourth-order valence-corrected chi connectivity index (χ4v) is 2.13. The van der Waals surface area contributed by atoms with Crippen LogP contribution < -0.4 is 11.1 Å². The lowest BCUT2D eigenvalue weighted by atomic mass is 9.90. The SMILES string of the molecule is Nc1ccc(C(=O)CC2CCNCC2)cc1. The number of ketones is 1. The molecule has 2 rings (SSSR count). The highest BCUT2D eigenvalue weighted by Crippen LogP contribution is 2.19. The molecule has 1 aliphatic rings. The van der Waals surface area contributed by atoms with Crippen LogP contribution in [0.15, 0.2) is 24.3 Å². The van der Waals surface area contributed by atoms with Gasteiger partial charge in [-0.1, -0.05) is 0 Å². The fraction of sp³-hybridized carbons (Fsp3) is 0.462. The highest BCUT2D eigenvalue weighted by Gasteiger charge is 2.17.